The van der Waals surface area contributed by atoms with Crippen molar-refractivity contribution in [3.8, 4) is 0 Å². The van der Waals surface area contributed by atoms with E-state index in [-0.39, 0.29) is 18.6 Å². The lowest BCUT2D eigenvalue weighted by Crippen LogP contribution is -2.20. The monoisotopic (exact) mass is 340 g/mol. The summed E-state index contributed by atoms with van der Waals surface area (Å²) in [6.45, 7) is 2.13. The van der Waals surface area contributed by atoms with Gasteiger partial charge in [-0.25, -0.2) is 0 Å². The van der Waals surface area contributed by atoms with Crippen molar-refractivity contribution in [2.45, 2.75) is 96.2 Å². The van der Waals surface area contributed by atoms with E-state index in [1.807, 2.05) is 6.08 Å². The minimum Gasteiger partial charge on any atom is -0.481 e. The van der Waals surface area contributed by atoms with Crippen molar-refractivity contribution < 1.29 is 20.1 Å². The van der Waals surface area contributed by atoms with Crippen LogP contribution in [0, 0.1) is 11.8 Å². The molecule has 1 saturated carbocycles. The molecule has 1 aliphatic rings. The number of aliphatic hydroxyl groups is 2. The van der Waals surface area contributed by atoms with Gasteiger partial charge in [0, 0.05) is 6.42 Å². The van der Waals surface area contributed by atoms with Crippen molar-refractivity contribution in [2.75, 3.05) is 0 Å². The Hall–Kier alpha value is -0.870. The molecule has 0 bridgehead atoms. The Labute approximate surface area is 147 Å². The molecule has 0 aliphatic heterocycles. The average Bonchev–Trinajstić information content (AvgIpc) is 2.89. The lowest BCUT2D eigenvalue weighted by atomic mass is 9.85. The van der Waals surface area contributed by atoms with Crippen LogP contribution in [0.25, 0.3) is 0 Å². The van der Waals surface area contributed by atoms with Gasteiger partial charge in [-0.3, -0.25) is 4.79 Å². The Morgan fingerprint density at radius 3 is 2.62 bits per heavy atom. The van der Waals surface area contributed by atoms with E-state index in [0.717, 1.165) is 70.6 Å². The topological polar surface area (TPSA) is 77.8 Å². The summed E-state index contributed by atoms with van der Waals surface area (Å²) in [5, 5.41) is 28.9. The lowest BCUT2D eigenvalue weighted by molar-refractivity contribution is -0.137. The van der Waals surface area contributed by atoms with Gasteiger partial charge in [0.1, 0.15) is 0 Å². The van der Waals surface area contributed by atoms with Crippen molar-refractivity contribution in [1.82, 2.24) is 0 Å². The van der Waals surface area contributed by atoms with Crippen molar-refractivity contribution in [3.63, 3.8) is 0 Å². The van der Waals surface area contributed by atoms with E-state index in [9.17, 15) is 15.0 Å². The number of hydrogen-bond acceptors (Lipinski definition) is 3. The zero-order valence-electron chi connectivity index (χ0n) is 15.2. The largest absolute Gasteiger partial charge is 0.481 e. The van der Waals surface area contributed by atoms with Crippen molar-refractivity contribution in [1.29, 1.82) is 0 Å². The predicted molar refractivity (Wildman–Crippen MR) is 96.8 cm³/mol. The summed E-state index contributed by atoms with van der Waals surface area (Å²) in [6.07, 6.45) is 14.4. The zero-order chi connectivity index (χ0) is 17.8. The quantitative estimate of drug-likeness (QED) is 0.345. The highest BCUT2D eigenvalue weighted by Gasteiger charge is 2.34. The Bertz CT molecular complexity index is 367. The number of unbranched alkanes of at least 4 members (excludes halogenated alkanes) is 4. The molecule has 0 aromatic carbocycles. The molecule has 0 amide bonds. The lowest BCUT2D eigenvalue weighted by Gasteiger charge is -2.22. The number of rotatable bonds is 13. The van der Waals surface area contributed by atoms with E-state index >= 15 is 0 Å². The fourth-order valence-corrected chi connectivity index (χ4v) is 3.82. The smallest absolute Gasteiger partial charge is 0.303 e. The van der Waals surface area contributed by atoms with Crippen LogP contribution in [0.3, 0.4) is 0 Å². The van der Waals surface area contributed by atoms with Gasteiger partial charge in [-0.15, -0.1) is 0 Å². The van der Waals surface area contributed by atoms with Gasteiger partial charge in [-0.05, 0) is 56.8 Å². The number of aliphatic carboxylic acids is 1. The third kappa shape index (κ3) is 8.84. The Kier molecular flexibility index (Phi) is 11.0. The second-order valence-electron chi connectivity index (χ2n) is 7.28. The maximum absolute atomic E-state index is 10.5. The number of allylic oxidation sites excluding steroid dienone is 1. The van der Waals surface area contributed by atoms with Crippen LogP contribution in [0.2, 0.25) is 0 Å². The second-order valence-corrected chi connectivity index (χ2v) is 7.28. The normalized spacial score (nSPS) is 25.4. The molecule has 0 heterocycles. The molecule has 0 aromatic rings. The summed E-state index contributed by atoms with van der Waals surface area (Å²) in [6, 6.07) is 0. The minimum absolute atomic E-state index is 0.193. The molecular weight excluding hydrogens is 304 g/mol. The van der Waals surface area contributed by atoms with Gasteiger partial charge in [0.25, 0.3) is 0 Å². The molecule has 1 rings (SSSR count). The molecule has 4 nitrogen and oxygen atoms in total. The molecule has 0 saturated heterocycles. The Morgan fingerprint density at radius 1 is 1.17 bits per heavy atom. The third-order valence-corrected chi connectivity index (χ3v) is 5.26. The van der Waals surface area contributed by atoms with Gasteiger partial charge in [0.15, 0.2) is 0 Å². The van der Waals surface area contributed by atoms with E-state index in [1.165, 1.54) is 0 Å². The van der Waals surface area contributed by atoms with E-state index in [1.54, 1.807) is 0 Å². The summed E-state index contributed by atoms with van der Waals surface area (Å²) in [4.78, 5) is 10.5. The first-order valence-corrected chi connectivity index (χ1v) is 9.79. The summed E-state index contributed by atoms with van der Waals surface area (Å²) in [7, 11) is 0. The highest BCUT2D eigenvalue weighted by molar-refractivity contribution is 5.66. The number of hydrogen-bond donors (Lipinski definition) is 3. The van der Waals surface area contributed by atoms with Crippen LogP contribution < -0.4 is 0 Å². The van der Waals surface area contributed by atoms with Crippen molar-refractivity contribution >= 4 is 5.97 Å². The molecule has 4 atom stereocenters. The highest BCUT2D eigenvalue weighted by atomic mass is 16.4. The molecular formula is C20H36O4. The molecule has 0 spiro atoms. The molecule has 0 radical (unpaired) electrons. The number of carboxylic acid groups (broad SMARTS) is 1. The van der Waals surface area contributed by atoms with Gasteiger partial charge in [-0.1, -0.05) is 44.8 Å². The van der Waals surface area contributed by atoms with E-state index in [0.29, 0.717) is 11.8 Å². The Morgan fingerprint density at radius 2 is 1.92 bits per heavy atom. The number of carboxylic acids is 1. The molecule has 24 heavy (non-hydrogen) atoms. The molecule has 3 N–H and O–H groups in total. The molecule has 1 aliphatic carbocycles. The summed E-state index contributed by atoms with van der Waals surface area (Å²) >= 11 is 0. The second kappa shape index (κ2) is 12.5. The molecule has 140 valence electrons. The van der Waals surface area contributed by atoms with E-state index in [2.05, 4.69) is 13.0 Å². The minimum atomic E-state index is -0.715. The maximum Gasteiger partial charge on any atom is 0.303 e. The zero-order valence-corrected chi connectivity index (χ0v) is 15.2. The van der Waals surface area contributed by atoms with Gasteiger partial charge in [0.2, 0.25) is 0 Å². The van der Waals surface area contributed by atoms with Crippen LogP contribution in [-0.4, -0.2) is 33.5 Å². The fraction of sp³-hybridized carbons (Fsp3) is 0.850. The van der Waals surface area contributed by atoms with Gasteiger partial charge < -0.3 is 15.3 Å². The fourth-order valence-electron chi connectivity index (χ4n) is 3.82. The summed E-state index contributed by atoms with van der Waals surface area (Å²) in [5.74, 6) is 0.164. The summed E-state index contributed by atoms with van der Waals surface area (Å²) in [5.41, 5.74) is 0. The van der Waals surface area contributed by atoms with Crippen molar-refractivity contribution in [3.05, 3.63) is 12.2 Å². The first-order chi connectivity index (χ1) is 11.5. The third-order valence-electron chi connectivity index (χ3n) is 5.26. The van der Waals surface area contributed by atoms with E-state index < -0.39 is 5.97 Å². The highest BCUT2D eigenvalue weighted by Crippen LogP contribution is 2.38. The van der Waals surface area contributed by atoms with Crippen LogP contribution in [-0.2, 0) is 4.79 Å². The van der Waals surface area contributed by atoms with Crippen LogP contribution in [0.15, 0.2) is 12.2 Å². The maximum atomic E-state index is 10.5. The van der Waals surface area contributed by atoms with Crippen LogP contribution in [0.1, 0.15) is 84.0 Å². The molecule has 1 fully saturated rings. The number of carbonyl (C=O) groups is 1. The average molecular weight is 341 g/mol. The first-order valence-electron chi connectivity index (χ1n) is 9.79. The van der Waals surface area contributed by atoms with Crippen LogP contribution in [0.5, 0.6) is 0 Å². The SMILES string of the molecule is CCCC=CC(O)CC[C@H]1CC[C@H](O)[C@@H]1CCCCCCC(=O)O. The standard InChI is InChI=1S/C20H36O4/c1-2-3-6-9-17(21)14-12-16-13-15-19(22)18(16)10-7-4-5-8-11-20(23)24/h6,9,16-19,21-22H,2-5,7-8,10-15H2,1H3,(H,23,24)/t16-,17?,18+,19-/m0/s1. The van der Waals surface area contributed by atoms with Crippen LogP contribution in [0.4, 0.5) is 0 Å². The first kappa shape index (κ1) is 21.2. The Balaban J connectivity index is 2.22. The number of aliphatic hydroxyl groups excluding tert-OH is 2. The van der Waals surface area contributed by atoms with Gasteiger partial charge >= 0.3 is 5.97 Å². The molecule has 4 heteroatoms. The van der Waals surface area contributed by atoms with Crippen LogP contribution >= 0.6 is 0 Å². The molecule has 0 aromatic heterocycles. The molecule has 1 unspecified atom stereocenters. The summed E-state index contributed by atoms with van der Waals surface area (Å²) < 4.78 is 0. The van der Waals surface area contributed by atoms with E-state index in [4.69, 9.17) is 5.11 Å². The predicted octanol–water partition coefficient (Wildman–Crippen LogP) is 4.30. The van der Waals surface area contributed by atoms with Crippen molar-refractivity contribution in [2.24, 2.45) is 11.8 Å². The van der Waals surface area contributed by atoms with Gasteiger partial charge in [0.05, 0.1) is 12.2 Å². The van der Waals surface area contributed by atoms with Gasteiger partial charge in [-0.2, -0.15) is 0 Å².